The molecule has 0 bridgehead atoms. The largest absolute Gasteiger partial charge is 0.321 e. The molecule has 0 spiro atoms. The summed E-state index contributed by atoms with van der Waals surface area (Å²) in [5, 5.41) is 15.3. The van der Waals surface area contributed by atoms with Gasteiger partial charge in [0.2, 0.25) is 0 Å². The number of carbonyl (C=O) groups excluding carboxylic acids is 1. The zero-order valence-corrected chi connectivity index (χ0v) is 11.5. The van der Waals surface area contributed by atoms with E-state index in [2.05, 4.69) is 14.9 Å². The summed E-state index contributed by atoms with van der Waals surface area (Å²) in [5.41, 5.74) is 0.903. The average Bonchev–Trinajstić information content (AvgIpc) is 2.89. The van der Waals surface area contributed by atoms with Crippen molar-refractivity contribution >= 4 is 23.1 Å². The van der Waals surface area contributed by atoms with E-state index in [4.69, 9.17) is 5.26 Å². The van der Waals surface area contributed by atoms with Crippen LogP contribution in [0.15, 0.2) is 18.2 Å². The third kappa shape index (κ3) is 2.97. The Bertz CT molecular complexity index is 677. The van der Waals surface area contributed by atoms with Crippen molar-refractivity contribution in [2.24, 2.45) is 0 Å². The van der Waals surface area contributed by atoms with Gasteiger partial charge in [-0.25, -0.2) is 4.39 Å². The van der Waals surface area contributed by atoms with Gasteiger partial charge < -0.3 is 5.32 Å². The molecule has 102 valence electrons. The van der Waals surface area contributed by atoms with Gasteiger partial charge in [-0.15, -0.1) is 5.10 Å². The second-order valence-electron chi connectivity index (χ2n) is 4.06. The lowest BCUT2D eigenvalue weighted by molar-refractivity contribution is 0.102. The minimum atomic E-state index is -0.614. The van der Waals surface area contributed by atoms with Gasteiger partial charge in [0.05, 0.1) is 11.3 Å². The van der Waals surface area contributed by atoms with Crippen LogP contribution in [0.2, 0.25) is 0 Å². The average molecular weight is 290 g/mol. The first kappa shape index (κ1) is 14.1. The molecule has 5 nitrogen and oxygen atoms in total. The van der Waals surface area contributed by atoms with E-state index >= 15 is 0 Å². The van der Waals surface area contributed by atoms with E-state index < -0.39 is 5.82 Å². The number of nitriles is 1. The third-order valence-corrected chi connectivity index (χ3v) is 3.36. The van der Waals surface area contributed by atoms with Gasteiger partial charge in [-0.2, -0.15) is 5.26 Å². The maximum Gasteiger partial charge on any atom is 0.269 e. The number of carbonyl (C=O) groups is 1. The van der Waals surface area contributed by atoms with Crippen LogP contribution in [0.5, 0.6) is 0 Å². The van der Waals surface area contributed by atoms with Gasteiger partial charge in [-0.3, -0.25) is 4.79 Å². The maximum atomic E-state index is 13.2. The topological polar surface area (TPSA) is 78.7 Å². The Balaban J connectivity index is 2.19. The number of benzene rings is 1. The van der Waals surface area contributed by atoms with E-state index in [9.17, 15) is 9.18 Å². The van der Waals surface area contributed by atoms with Gasteiger partial charge in [0.1, 0.15) is 16.8 Å². The Morgan fingerprint density at radius 1 is 1.55 bits per heavy atom. The highest BCUT2D eigenvalue weighted by Crippen LogP contribution is 2.18. The predicted octanol–water partition coefficient (Wildman–Crippen LogP) is 2.75. The SMILES string of the molecule is CCCc1nnsc1C(=O)Nc1ccc(F)c(C#N)c1. The standard InChI is InChI=1S/C13H11FN4OS/c1-2-3-11-12(20-18-17-11)13(19)16-9-4-5-10(14)8(6-9)7-15/h4-6H,2-3H2,1H3,(H,16,19). The molecular formula is C13H11FN4OS. The minimum Gasteiger partial charge on any atom is -0.321 e. The molecule has 0 radical (unpaired) electrons. The van der Waals surface area contributed by atoms with E-state index in [0.717, 1.165) is 24.0 Å². The Morgan fingerprint density at radius 2 is 2.35 bits per heavy atom. The van der Waals surface area contributed by atoms with Crippen LogP contribution >= 0.6 is 11.5 Å². The van der Waals surface area contributed by atoms with E-state index in [0.29, 0.717) is 22.7 Å². The monoisotopic (exact) mass is 290 g/mol. The summed E-state index contributed by atoms with van der Waals surface area (Å²) < 4.78 is 17.0. The molecule has 2 aromatic rings. The molecule has 0 atom stereocenters. The molecule has 0 aliphatic heterocycles. The van der Waals surface area contributed by atoms with Gasteiger partial charge in [0.15, 0.2) is 0 Å². The molecule has 2 rings (SSSR count). The van der Waals surface area contributed by atoms with Crippen molar-refractivity contribution in [2.75, 3.05) is 5.32 Å². The van der Waals surface area contributed by atoms with Crippen molar-refractivity contribution in [3.8, 4) is 6.07 Å². The number of aromatic nitrogens is 2. The van der Waals surface area contributed by atoms with Gasteiger partial charge in [-0.1, -0.05) is 17.8 Å². The van der Waals surface area contributed by atoms with Crippen LogP contribution in [0.1, 0.15) is 34.3 Å². The lowest BCUT2D eigenvalue weighted by atomic mass is 10.2. The Hall–Kier alpha value is -2.33. The van der Waals surface area contributed by atoms with Crippen LogP contribution < -0.4 is 5.32 Å². The lowest BCUT2D eigenvalue weighted by Gasteiger charge is -2.05. The minimum absolute atomic E-state index is 0.112. The maximum absolute atomic E-state index is 13.2. The van der Waals surface area contributed by atoms with Gasteiger partial charge >= 0.3 is 0 Å². The molecular weight excluding hydrogens is 279 g/mol. The molecule has 0 saturated carbocycles. The Kier molecular flexibility index (Phi) is 4.38. The third-order valence-electron chi connectivity index (χ3n) is 2.59. The number of nitrogens with one attached hydrogen (secondary N) is 1. The number of rotatable bonds is 4. The number of hydrogen-bond acceptors (Lipinski definition) is 5. The van der Waals surface area contributed by atoms with Crippen molar-refractivity contribution in [3.63, 3.8) is 0 Å². The molecule has 1 heterocycles. The Morgan fingerprint density at radius 3 is 3.05 bits per heavy atom. The summed E-state index contributed by atoms with van der Waals surface area (Å²) in [5.74, 6) is -0.962. The summed E-state index contributed by atoms with van der Waals surface area (Å²) >= 11 is 1.02. The van der Waals surface area contributed by atoms with Crippen molar-refractivity contribution in [1.82, 2.24) is 9.59 Å². The van der Waals surface area contributed by atoms with E-state index in [1.807, 2.05) is 6.92 Å². The molecule has 0 aliphatic rings. The summed E-state index contributed by atoms with van der Waals surface area (Å²) in [6.45, 7) is 1.99. The van der Waals surface area contributed by atoms with Gasteiger partial charge in [0.25, 0.3) is 5.91 Å². The molecule has 0 unspecified atom stereocenters. The van der Waals surface area contributed by atoms with Crippen LogP contribution in [0.25, 0.3) is 0 Å². The van der Waals surface area contributed by atoms with Crippen molar-refractivity contribution in [1.29, 1.82) is 5.26 Å². The fourth-order valence-electron chi connectivity index (χ4n) is 1.66. The highest BCUT2D eigenvalue weighted by Gasteiger charge is 2.16. The second-order valence-corrected chi connectivity index (χ2v) is 4.81. The van der Waals surface area contributed by atoms with Crippen molar-refractivity contribution in [2.45, 2.75) is 19.8 Å². The lowest BCUT2D eigenvalue weighted by Crippen LogP contribution is -2.12. The van der Waals surface area contributed by atoms with E-state index in [1.54, 1.807) is 6.07 Å². The van der Waals surface area contributed by atoms with Crippen LogP contribution in [-0.2, 0) is 6.42 Å². The first-order valence-electron chi connectivity index (χ1n) is 5.98. The molecule has 1 N–H and O–H groups in total. The summed E-state index contributed by atoms with van der Waals surface area (Å²) in [7, 11) is 0. The normalized spacial score (nSPS) is 10.1. The first-order chi connectivity index (χ1) is 9.65. The Labute approximate surface area is 119 Å². The van der Waals surface area contributed by atoms with Crippen LogP contribution in [0, 0.1) is 17.1 Å². The first-order valence-corrected chi connectivity index (χ1v) is 6.75. The molecule has 1 aromatic carbocycles. The summed E-state index contributed by atoms with van der Waals surface area (Å²) in [6, 6.07) is 5.57. The molecule has 1 amide bonds. The zero-order chi connectivity index (χ0) is 14.5. The zero-order valence-electron chi connectivity index (χ0n) is 10.7. The molecule has 20 heavy (non-hydrogen) atoms. The van der Waals surface area contributed by atoms with E-state index in [-0.39, 0.29) is 11.5 Å². The predicted molar refractivity (Wildman–Crippen MR) is 73.0 cm³/mol. The second kappa shape index (κ2) is 6.21. The summed E-state index contributed by atoms with van der Waals surface area (Å²) in [4.78, 5) is 12.5. The fourth-order valence-corrected chi connectivity index (χ4v) is 2.26. The van der Waals surface area contributed by atoms with Crippen LogP contribution in [0.4, 0.5) is 10.1 Å². The molecule has 0 fully saturated rings. The van der Waals surface area contributed by atoms with Gasteiger partial charge in [-0.05, 0) is 36.2 Å². The quantitative estimate of drug-likeness (QED) is 0.939. The van der Waals surface area contributed by atoms with E-state index in [1.165, 1.54) is 12.1 Å². The highest BCUT2D eigenvalue weighted by atomic mass is 32.1. The highest BCUT2D eigenvalue weighted by molar-refractivity contribution is 7.08. The number of aryl methyl sites for hydroxylation is 1. The molecule has 7 heteroatoms. The van der Waals surface area contributed by atoms with Crippen LogP contribution in [0.3, 0.4) is 0 Å². The molecule has 0 saturated heterocycles. The number of anilines is 1. The smallest absolute Gasteiger partial charge is 0.269 e. The molecule has 1 aromatic heterocycles. The fraction of sp³-hybridized carbons (Fsp3) is 0.231. The summed E-state index contributed by atoms with van der Waals surface area (Å²) in [6.07, 6.45) is 1.53. The van der Waals surface area contributed by atoms with Gasteiger partial charge in [0, 0.05) is 5.69 Å². The van der Waals surface area contributed by atoms with Crippen LogP contribution in [-0.4, -0.2) is 15.5 Å². The number of halogens is 1. The molecule has 0 aliphatic carbocycles. The van der Waals surface area contributed by atoms with Crippen molar-refractivity contribution in [3.05, 3.63) is 40.2 Å². The number of amides is 1. The van der Waals surface area contributed by atoms with Crippen molar-refractivity contribution < 1.29 is 9.18 Å². The number of hydrogen-bond donors (Lipinski definition) is 1. The number of nitrogens with zero attached hydrogens (tertiary/aromatic N) is 3.